The Kier molecular flexibility index (Phi) is 3.98. The maximum absolute atomic E-state index is 12.2. The minimum Gasteiger partial charge on any atom is -0.316 e. The van der Waals surface area contributed by atoms with Gasteiger partial charge in [0.1, 0.15) is 0 Å². The Morgan fingerprint density at radius 2 is 1.94 bits per heavy atom. The van der Waals surface area contributed by atoms with E-state index >= 15 is 0 Å². The molecular formula is C12H21F3N2. The fourth-order valence-corrected chi connectivity index (χ4v) is 3.16. The number of nitrogens with zero attached hydrogens (tertiary/aromatic N) is 1. The van der Waals surface area contributed by atoms with Gasteiger partial charge < -0.3 is 10.2 Å². The molecule has 17 heavy (non-hydrogen) atoms. The van der Waals surface area contributed by atoms with Gasteiger partial charge in [0.05, 0.1) is 6.42 Å². The van der Waals surface area contributed by atoms with Crippen molar-refractivity contribution in [1.82, 2.24) is 10.2 Å². The van der Waals surface area contributed by atoms with Gasteiger partial charge in [-0.1, -0.05) is 0 Å². The summed E-state index contributed by atoms with van der Waals surface area (Å²) in [6.45, 7) is 3.89. The van der Waals surface area contributed by atoms with Crippen molar-refractivity contribution in [3.63, 3.8) is 0 Å². The summed E-state index contributed by atoms with van der Waals surface area (Å²) < 4.78 is 36.6. The van der Waals surface area contributed by atoms with E-state index in [0.29, 0.717) is 0 Å². The highest BCUT2D eigenvalue weighted by Crippen LogP contribution is 2.36. The Labute approximate surface area is 101 Å². The molecule has 0 radical (unpaired) electrons. The van der Waals surface area contributed by atoms with E-state index in [9.17, 15) is 13.2 Å². The summed E-state index contributed by atoms with van der Waals surface area (Å²) in [5.74, 6) is 0. The predicted molar refractivity (Wildman–Crippen MR) is 60.9 cm³/mol. The highest BCUT2D eigenvalue weighted by atomic mass is 19.4. The molecule has 0 amide bonds. The lowest BCUT2D eigenvalue weighted by molar-refractivity contribution is -0.139. The Morgan fingerprint density at radius 3 is 2.59 bits per heavy atom. The molecule has 2 saturated heterocycles. The number of hydrogen-bond acceptors (Lipinski definition) is 2. The van der Waals surface area contributed by atoms with Crippen LogP contribution in [0.2, 0.25) is 0 Å². The maximum Gasteiger partial charge on any atom is 0.390 e. The highest BCUT2D eigenvalue weighted by Gasteiger charge is 2.37. The molecule has 2 rings (SSSR count). The normalized spacial score (nSPS) is 31.9. The molecule has 0 aromatic heterocycles. The second-order valence-corrected chi connectivity index (χ2v) is 5.53. The molecule has 0 aromatic carbocycles. The molecule has 2 aliphatic heterocycles. The van der Waals surface area contributed by atoms with Crippen molar-refractivity contribution in [2.24, 2.45) is 5.41 Å². The molecule has 2 heterocycles. The molecule has 2 aliphatic rings. The zero-order valence-electron chi connectivity index (χ0n) is 10.2. The monoisotopic (exact) mass is 250 g/mol. The molecular weight excluding hydrogens is 229 g/mol. The van der Waals surface area contributed by atoms with Gasteiger partial charge >= 0.3 is 6.18 Å². The van der Waals surface area contributed by atoms with Gasteiger partial charge in [0, 0.05) is 19.6 Å². The van der Waals surface area contributed by atoms with Gasteiger partial charge in [-0.3, -0.25) is 0 Å². The predicted octanol–water partition coefficient (Wildman–Crippen LogP) is 2.40. The van der Waals surface area contributed by atoms with Crippen molar-refractivity contribution in [2.45, 2.75) is 38.3 Å². The average Bonchev–Trinajstić information content (AvgIpc) is 2.27. The third-order valence-electron chi connectivity index (χ3n) is 4.01. The van der Waals surface area contributed by atoms with Crippen molar-refractivity contribution < 1.29 is 13.2 Å². The first-order valence-electron chi connectivity index (χ1n) is 6.49. The average molecular weight is 250 g/mol. The standard InChI is InChI=1S/C12H21F3N2/c13-12(14,15)5-8-17-7-2-4-11(10-17)3-1-6-16-9-11/h16H,1-10H2. The van der Waals surface area contributed by atoms with Crippen LogP contribution in [0.15, 0.2) is 0 Å². The zero-order chi connectivity index (χ0) is 12.4. The zero-order valence-corrected chi connectivity index (χ0v) is 10.2. The van der Waals surface area contributed by atoms with Crippen LogP contribution in [0.3, 0.4) is 0 Å². The Hall–Kier alpha value is -0.290. The van der Waals surface area contributed by atoms with E-state index in [-0.39, 0.29) is 12.0 Å². The molecule has 0 bridgehead atoms. The van der Waals surface area contributed by atoms with Gasteiger partial charge in [0.15, 0.2) is 0 Å². The summed E-state index contributed by atoms with van der Waals surface area (Å²) in [6.07, 6.45) is -0.149. The van der Waals surface area contributed by atoms with E-state index in [1.165, 1.54) is 12.8 Å². The van der Waals surface area contributed by atoms with Crippen molar-refractivity contribution in [3.05, 3.63) is 0 Å². The summed E-state index contributed by atoms with van der Waals surface area (Å²) in [7, 11) is 0. The largest absolute Gasteiger partial charge is 0.390 e. The van der Waals surface area contributed by atoms with Crippen LogP contribution in [0, 0.1) is 5.41 Å². The first-order valence-corrected chi connectivity index (χ1v) is 6.49. The van der Waals surface area contributed by atoms with E-state index in [0.717, 1.165) is 39.0 Å². The fourth-order valence-electron chi connectivity index (χ4n) is 3.16. The van der Waals surface area contributed by atoms with Crippen LogP contribution >= 0.6 is 0 Å². The van der Waals surface area contributed by atoms with Crippen LogP contribution in [-0.2, 0) is 0 Å². The van der Waals surface area contributed by atoms with Crippen LogP contribution in [-0.4, -0.2) is 43.8 Å². The highest BCUT2D eigenvalue weighted by molar-refractivity contribution is 4.91. The van der Waals surface area contributed by atoms with Crippen LogP contribution in [0.5, 0.6) is 0 Å². The molecule has 2 nitrogen and oxygen atoms in total. The maximum atomic E-state index is 12.2. The van der Waals surface area contributed by atoms with Crippen LogP contribution in [0.1, 0.15) is 32.1 Å². The van der Waals surface area contributed by atoms with Gasteiger partial charge in [-0.2, -0.15) is 13.2 Å². The van der Waals surface area contributed by atoms with E-state index in [1.54, 1.807) is 0 Å². The Bertz CT molecular complexity index is 241. The van der Waals surface area contributed by atoms with E-state index in [1.807, 2.05) is 4.90 Å². The minimum absolute atomic E-state index is 0.172. The molecule has 5 heteroatoms. The molecule has 2 fully saturated rings. The summed E-state index contributed by atoms with van der Waals surface area (Å²) in [5, 5.41) is 3.39. The molecule has 1 atom stereocenters. The topological polar surface area (TPSA) is 15.3 Å². The number of rotatable bonds is 2. The SMILES string of the molecule is FC(F)(F)CCN1CCCC2(CCCNC2)C1. The van der Waals surface area contributed by atoms with Gasteiger partial charge in [-0.05, 0) is 44.2 Å². The third-order valence-corrected chi connectivity index (χ3v) is 4.01. The van der Waals surface area contributed by atoms with E-state index < -0.39 is 12.6 Å². The summed E-state index contributed by atoms with van der Waals surface area (Å²) >= 11 is 0. The molecule has 1 unspecified atom stereocenters. The van der Waals surface area contributed by atoms with Gasteiger partial charge in [-0.15, -0.1) is 0 Å². The summed E-state index contributed by atoms with van der Waals surface area (Å²) in [6, 6.07) is 0. The summed E-state index contributed by atoms with van der Waals surface area (Å²) in [5.41, 5.74) is 0.252. The lowest BCUT2D eigenvalue weighted by atomic mass is 9.74. The van der Waals surface area contributed by atoms with Gasteiger partial charge in [-0.25, -0.2) is 0 Å². The Morgan fingerprint density at radius 1 is 1.18 bits per heavy atom. The molecule has 1 spiro atoms. The van der Waals surface area contributed by atoms with Crippen LogP contribution < -0.4 is 5.32 Å². The number of nitrogens with one attached hydrogen (secondary N) is 1. The number of likely N-dealkylation sites (tertiary alicyclic amines) is 1. The third kappa shape index (κ3) is 3.85. The minimum atomic E-state index is -4.02. The first-order chi connectivity index (χ1) is 7.99. The van der Waals surface area contributed by atoms with Crippen molar-refractivity contribution >= 4 is 0 Å². The molecule has 1 N–H and O–H groups in total. The number of piperidine rings is 2. The molecule has 0 aromatic rings. The second-order valence-electron chi connectivity index (χ2n) is 5.53. The number of hydrogen-bond donors (Lipinski definition) is 1. The number of alkyl halides is 3. The Balaban J connectivity index is 1.84. The lowest BCUT2D eigenvalue weighted by Crippen LogP contribution is -2.51. The lowest BCUT2D eigenvalue weighted by Gasteiger charge is -2.45. The van der Waals surface area contributed by atoms with Crippen molar-refractivity contribution in [3.8, 4) is 0 Å². The van der Waals surface area contributed by atoms with Crippen LogP contribution in [0.25, 0.3) is 0 Å². The van der Waals surface area contributed by atoms with Crippen LogP contribution in [0.4, 0.5) is 13.2 Å². The smallest absolute Gasteiger partial charge is 0.316 e. The quantitative estimate of drug-likeness (QED) is 0.809. The van der Waals surface area contributed by atoms with E-state index in [4.69, 9.17) is 0 Å². The van der Waals surface area contributed by atoms with Crippen molar-refractivity contribution in [2.75, 3.05) is 32.7 Å². The van der Waals surface area contributed by atoms with E-state index in [2.05, 4.69) is 5.32 Å². The van der Waals surface area contributed by atoms with Crippen molar-refractivity contribution in [1.29, 1.82) is 0 Å². The second kappa shape index (κ2) is 5.14. The molecule has 0 aliphatic carbocycles. The summed E-state index contributed by atoms with van der Waals surface area (Å²) in [4.78, 5) is 2.00. The van der Waals surface area contributed by atoms with Gasteiger partial charge in [0.25, 0.3) is 0 Å². The fraction of sp³-hybridized carbons (Fsp3) is 1.00. The number of halogens is 3. The molecule has 100 valence electrons. The first kappa shape index (κ1) is 13.1. The molecule has 0 saturated carbocycles. The van der Waals surface area contributed by atoms with Gasteiger partial charge in [0.2, 0.25) is 0 Å².